The minimum Gasteiger partial charge on any atom is -0.310 e. The number of urea groups is 1. The highest BCUT2D eigenvalue weighted by Gasteiger charge is 2.64. The number of halogens is 3. The number of fused-ring (bicyclic) bond motifs is 1. The number of aromatic nitrogens is 1. The van der Waals surface area contributed by atoms with Gasteiger partial charge in [-0.25, -0.2) is 14.7 Å². The van der Waals surface area contributed by atoms with Crippen molar-refractivity contribution >= 4 is 29.4 Å². The number of rotatable bonds is 4. The summed E-state index contributed by atoms with van der Waals surface area (Å²) in [6, 6.07) is 6.61. The lowest BCUT2D eigenvalue weighted by Crippen LogP contribution is -2.43. The highest BCUT2D eigenvalue weighted by atomic mass is 19.4. The molecule has 0 bridgehead atoms. The molecule has 2 aliphatic heterocycles. The highest BCUT2D eigenvalue weighted by molar-refractivity contribution is 6.23. The van der Waals surface area contributed by atoms with Crippen molar-refractivity contribution in [3.05, 3.63) is 53.2 Å². The third-order valence-electron chi connectivity index (χ3n) is 6.87. The standard InChI is InChI=1S/C23H21F3N4O3/c1-21(2)19(32)30(15-5-3-14(4-6-15)22(8-9-22)23(24,25)26)20(33)29(21)12-13-7-10-27-18-16(13)11-17(31)28-18/h3-7,10H,8-9,11-12H2,1-2H3,(H,27,28,31). The minimum atomic E-state index is -4.34. The number of hydrogen-bond acceptors (Lipinski definition) is 4. The smallest absolute Gasteiger partial charge is 0.310 e. The maximum absolute atomic E-state index is 13.4. The number of nitrogens with one attached hydrogen (secondary N) is 1. The SMILES string of the molecule is CC1(C)C(=O)N(c2ccc(C3(C(F)(F)F)CC3)cc2)C(=O)N1Cc1ccnc2c1CC(=O)N2. The van der Waals surface area contributed by atoms with Crippen LogP contribution in [0.15, 0.2) is 36.5 Å². The van der Waals surface area contributed by atoms with Crippen LogP contribution in [-0.2, 0) is 28.0 Å². The van der Waals surface area contributed by atoms with Gasteiger partial charge in [0, 0.05) is 18.3 Å². The lowest BCUT2D eigenvalue weighted by atomic mass is 9.95. The largest absolute Gasteiger partial charge is 0.398 e. The van der Waals surface area contributed by atoms with Crippen LogP contribution >= 0.6 is 0 Å². The monoisotopic (exact) mass is 458 g/mol. The zero-order valence-corrected chi connectivity index (χ0v) is 18.0. The summed E-state index contributed by atoms with van der Waals surface area (Å²) in [6.45, 7) is 3.33. The number of amides is 4. The second-order valence-electron chi connectivity index (χ2n) is 9.22. The zero-order chi connectivity index (χ0) is 23.8. The van der Waals surface area contributed by atoms with Gasteiger partial charge in [-0.2, -0.15) is 13.2 Å². The number of benzene rings is 1. The summed E-state index contributed by atoms with van der Waals surface area (Å²) in [6.07, 6.45) is -2.60. The Morgan fingerprint density at radius 2 is 1.73 bits per heavy atom. The summed E-state index contributed by atoms with van der Waals surface area (Å²) in [7, 11) is 0. The molecule has 0 radical (unpaired) electrons. The first-order valence-corrected chi connectivity index (χ1v) is 10.6. The topological polar surface area (TPSA) is 82.6 Å². The van der Waals surface area contributed by atoms with Crippen LogP contribution in [0.25, 0.3) is 0 Å². The molecule has 1 aliphatic carbocycles. The van der Waals surface area contributed by atoms with E-state index in [2.05, 4.69) is 10.3 Å². The molecule has 0 spiro atoms. The van der Waals surface area contributed by atoms with Crippen LogP contribution in [0, 0.1) is 0 Å². The molecule has 4 amide bonds. The molecule has 172 valence electrons. The summed E-state index contributed by atoms with van der Waals surface area (Å²) in [4.78, 5) is 44.8. The van der Waals surface area contributed by atoms with Gasteiger partial charge in [-0.3, -0.25) is 9.59 Å². The van der Waals surface area contributed by atoms with Gasteiger partial charge in [-0.1, -0.05) is 12.1 Å². The summed E-state index contributed by atoms with van der Waals surface area (Å²) in [5.41, 5.74) is -1.28. The first-order chi connectivity index (χ1) is 15.5. The normalized spacial score (nSPS) is 20.8. The number of carbonyl (C=O) groups excluding carboxylic acids is 3. The lowest BCUT2D eigenvalue weighted by Gasteiger charge is -2.28. The van der Waals surface area contributed by atoms with Gasteiger partial charge in [-0.15, -0.1) is 0 Å². The van der Waals surface area contributed by atoms with E-state index in [9.17, 15) is 27.6 Å². The molecule has 33 heavy (non-hydrogen) atoms. The molecule has 2 fully saturated rings. The van der Waals surface area contributed by atoms with Gasteiger partial charge in [-0.05, 0) is 56.0 Å². The molecule has 1 aromatic carbocycles. The number of pyridine rings is 1. The molecule has 0 atom stereocenters. The maximum Gasteiger partial charge on any atom is 0.398 e. The molecule has 1 saturated carbocycles. The van der Waals surface area contributed by atoms with Crippen molar-refractivity contribution in [2.24, 2.45) is 0 Å². The van der Waals surface area contributed by atoms with Crippen LogP contribution in [0.5, 0.6) is 0 Å². The summed E-state index contributed by atoms with van der Waals surface area (Å²) >= 11 is 0. The Labute approximate surface area is 187 Å². The molecule has 10 heteroatoms. The lowest BCUT2D eigenvalue weighted by molar-refractivity contribution is -0.160. The zero-order valence-electron chi connectivity index (χ0n) is 18.0. The molecule has 3 aliphatic rings. The highest BCUT2D eigenvalue weighted by Crippen LogP contribution is 2.59. The van der Waals surface area contributed by atoms with Crippen LogP contribution in [0.3, 0.4) is 0 Å². The van der Waals surface area contributed by atoms with Crippen molar-refractivity contribution in [2.75, 3.05) is 10.2 Å². The van der Waals surface area contributed by atoms with E-state index in [1.165, 1.54) is 35.4 Å². The molecular formula is C23H21F3N4O3. The molecule has 1 aromatic heterocycles. The summed E-state index contributed by atoms with van der Waals surface area (Å²) < 4.78 is 40.3. The fourth-order valence-electron chi connectivity index (χ4n) is 4.61. The van der Waals surface area contributed by atoms with Gasteiger partial charge in [0.05, 0.1) is 17.5 Å². The first kappa shape index (κ1) is 21.4. The molecule has 2 aromatic rings. The van der Waals surface area contributed by atoms with Crippen LogP contribution in [-0.4, -0.2) is 39.4 Å². The van der Waals surface area contributed by atoms with Gasteiger partial charge in [0.25, 0.3) is 5.91 Å². The van der Waals surface area contributed by atoms with Gasteiger partial charge < -0.3 is 10.2 Å². The third-order valence-corrected chi connectivity index (χ3v) is 6.87. The quantitative estimate of drug-likeness (QED) is 0.705. The van der Waals surface area contributed by atoms with E-state index in [0.717, 1.165) is 4.90 Å². The van der Waals surface area contributed by atoms with Crippen LogP contribution in [0.4, 0.5) is 29.5 Å². The molecule has 1 N–H and O–H groups in total. The van der Waals surface area contributed by atoms with Crippen molar-refractivity contribution in [1.29, 1.82) is 0 Å². The molecule has 3 heterocycles. The Morgan fingerprint density at radius 3 is 2.33 bits per heavy atom. The number of alkyl halides is 3. The van der Waals surface area contributed by atoms with E-state index in [4.69, 9.17) is 0 Å². The second kappa shape index (κ2) is 6.79. The molecule has 0 unspecified atom stereocenters. The molecule has 1 saturated heterocycles. The maximum atomic E-state index is 13.4. The van der Waals surface area contributed by atoms with Gasteiger partial charge in [0.15, 0.2) is 0 Å². The Kier molecular flexibility index (Phi) is 4.40. The van der Waals surface area contributed by atoms with E-state index >= 15 is 0 Å². The number of hydrogen-bond donors (Lipinski definition) is 1. The number of nitrogens with zero attached hydrogens (tertiary/aromatic N) is 3. The first-order valence-electron chi connectivity index (χ1n) is 10.6. The van der Waals surface area contributed by atoms with Crippen molar-refractivity contribution in [3.63, 3.8) is 0 Å². The Morgan fingerprint density at radius 1 is 1.06 bits per heavy atom. The van der Waals surface area contributed by atoms with E-state index in [0.29, 0.717) is 16.9 Å². The van der Waals surface area contributed by atoms with E-state index in [1.807, 2.05) is 0 Å². The average Bonchev–Trinajstić information content (AvgIpc) is 3.45. The fraction of sp³-hybridized carbons (Fsp3) is 0.391. The molecule has 7 nitrogen and oxygen atoms in total. The van der Waals surface area contributed by atoms with E-state index < -0.39 is 29.1 Å². The van der Waals surface area contributed by atoms with Gasteiger partial charge in [0.1, 0.15) is 11.4 Å². The van der Waals surface area contributed by atoms with Crippen LogP contribution in [0.1, 0.15) is 43.4 Å². The average molecular weight is 458 g/mol. The van der Waals surface area contributed by atoms with Gasteiger partial charge >= 0.3 is 12.2 Å². The van der Waals surface area contributed by atoms with E-state index in [1.54, 1.807) is 19.9 Å². The number of carbonyl (C=O) groups is 3. The van der Waals surface area contributed by atoms with Crippen molar-refractivity contribution in [1.82, 2.24) is 9.88 Å². The number of anilines is 2. The predicted octanol–water partition coefficient (Wildman–Crippen LogP) is 3.92. The van der Waals surface area contributed by atoms with Crippen LogP contribution < -0.4 is 10.2 Å². The summed E-state index contributed by atoms with van der Waals surface area (Å²) in [5.74, 6) is -0.224. The van der Waals surface area contributed by atoms with Crippen molar-refractivity contribution < 1.29 is 27.6 Å². The minimum absolute atomic E-state index is 0.0336. The molecular weight excluding hydrogens is 437 g/mol. The number of imide groups is 1. The Hall–Kier alpha value is -3.43. The Balaban J connectivity index is 1.43. The summed E-state index contributed by atoms with van der Waals surface area (Å²) in [5, 5.41) is 2.66. The second-order valence-corrected chi connectivity index (χ2v) is 9.22. The Bertz CT molecular complexity index is 1190. The van der Waals surface area contributed by atoms with Crippen LogP contribution in [0.2, 0.25) is 0 Å². The van der Waals surface area contributed by atoms with Crippen molar-refractivity contribution in [3.8, 4) is 0 Å². The van der Waals surface area contributed by atoms with E-state index in [-0.39, 0.29) is 43.0 Å². The third kappa shape index (κ3) is 3.11. The van der Waals surface area contributed by atoms with Crippen molar-refractivity contribution in [2.45, 2.75) is 56.8 Å². The molecule has 5 rings (SSSR count). The van der Waals surface area contributed by atoms with Gasteiger partial charge in [0.2, 0.25) is 5.91 Å². The predicted molar refractivity (Wildman–Crippen MR) is 112 cm³/mol. The fourth-order valence-corrected chi connectivity index (χ4v) is 4.61.